The quantitative estimate of drug-likeness (QED) is 0.737. The molecule has 2 rings (SSSR count). The maximum absolute atomic E-state index is 5.70. The van der Waals surface area contributed by atoms with Crippen LogP contribution < -0.4 is 0 Å². The van der Waals surface area contributed by atoms with Crippen molar-refractivity contribution in [2.75, 3.05) is 5.88 Å². The minimum absolute atomic E-state index is 0.707. The molecule has 0 saturated carbocycles. The Morgan fingerprint density at radius 3 is 2.88 bits per heavy atom. The third-order valence-electron chi connectivity index (χ3n) is 2.75. The van der Waals surface area contributed by atoms with Gasteiger partial charge in [0.15, 0.2) is 0 Å². The van der Waals surface area contributed by atoms with E-state index in [1.54, 1.807) is 11.3 Å². The molecule has 0 spiro atoms. The van der Waals surface area contributed by atoms with Crippen molar-refractivity contribution in [3.8, 4) is 11.3 Å². The van der Waals surface area contributed by atoms with Crippen LogP contribution in [0.1, 0.15) is 22.6 Å². The van der Waals surface area contributed by atoms with Crippen LogP contribution >= 0.6 is 22.9 Å². The molecule has 0 bridgehead atoms. The number of benzene rings is 1. The Morgan fingerprint density at radius 1 is 1.29 bits per heavy atom. The Balaban J connectivity index is 2.27. The minimum atomic E-state index is 0.707. The topological polar surface area (TPSA) is 12.9 Å². The molecule has 0 atom stereocenters. The number of alkyl halides is 1. The lowest BCUT2D eigenvalue weighted by Crippen LogP contribution is -1.88. The van der Waals surface area contributed by atoms with Crippen LogP contribution in [0.2, 0.25) is 0 Å². The second kappa shape index (κ2) is 5.65. The third kappa shape index (κ3) is 3.08. The van der Waals surface area contributed by atoms with Crippen LogP contribution in [0.15, 0.2) is 23.6 Å². The maximum atomic E-state index is 5.70. The third-order valence-corrected chi connectivity index (χ3v) is 3.92. The zero-order valence-electron chi connectivity index (χ0n) is 10.2. The zero-order chi connectivity index (χ0) is 12.3. The average Bonchev–Trinajstić information content (AvgIpc) is 2.78. The second-order valence-electron chi connectivity index (χ2n) is 4.24. The van der Waals surface area contributed by atoms with Gasteiger partial charge in [-0.2, -0.15) is 0 Å². The summed E-state index contributed by atoms with van der Waals surface area (Å²) < 4.78 is 0. The van der Waals surface area contributed by atoms with Gasteiger partial charge in [0.25, 0.3) is 0 Å². The van der Waals surface area contributed by atoms with E-state index in [1.807, 2.05) is 0 Å². The van der Waals surface area contributed by atoms with Crippen LogP contribution in [0.25, 0.3) is 11.3 Å². The first-order valence-electron chi connectivity index (χ1n) is 5.78. The zero-order valence-corrected chi connectivity index (χ0v) is 11.7. The normalized spacial score (nSPS) is 10.8. The fourth-order valence-electron chi connectivity index (χ4n) is 1.78. The van der Waals surface area contributed by atoms with Crippen molar-refractivity contribution >= 4 is 22.9 Å². The van der Waals surface area contributed by atoms with Crippen LogP contribution in [-0.2, 0) is 6.42 Å². The van der Waals surface area contributed by atoms with E-state index in [0.717, 1.165) is 18.5 Å². The summed E-state index contributed by atoms with van der Waals surface area (Å²) in [5.41, 5.74) is 4.91. The number of aryl methyl sites for hydroxylation is 3. The number of rotatable bonds is 4. The molecule has 0 unspecified atom stereocenters. The molecule has 0 fully saturated rings. The number of nitrogens with zero attached hydrogens (tertiary/aromatic N) is 1. The van der Waals surface area contributed by atoms with Gasteiger partial charge in [0.2, 0.25) is 0 Å². The minimum Gasteiger partial charge on any atom is -0.241 e. The molecule has 2 aromatic rings. The summed E-state index contributed by atoms with van der Waals surface area (Å²) in [5.74, 6) is 0.707. The summed E-state index contributed by atoms with van der Waals surface area (Å²) in [6, 6.07) is 6.50. The molecule has 1 nitrogen and oxygen atoms in total. The fourth-order valence-corrected chi connectivity index (χ4v) is 2.75. The van der Waals surface area contributed by atoms with Crippen molar-refractivity contribution in [2.45, 2.75) is 26.7 Å². The molecular formula is C14H16ClNS. The molecule has 0 saturated heterocycles. The average molecular weight is 266 g/mol. The molecule has 0 aliphatic heterocycles. The summed E-state index contributed by atoms with van der Waals surface area (Å²) >= 11 is 7.43. The van der Waals surface area contributed by atoms with Gasteiger partial charge in [0.05, 0.1) is 10.7 Å². The number of thiazole rings is 1. The molecule has 0 aliphatic carbocycles. The number of aromatic nitrogens is 1. The highest BCUT2D eigenvalue weighted by molar-refractivity contribution is 7.09. The van der Waals surface area contributed by atoms with E-state index in [1.165, 1.54) is 21.7 Å². The molecule has 1 heterocycles. The van der Waals surface area contributed by atoms with Crippen molar-refractivity contribution in [1.82, 2.24) is 4.98 Å². The Bertz CT molecular complexity index is 505. The maximum Gasteiger partial charge on any atom is 0.0933 e. The number of hydrogen-bond acceptors (Lipinski definition) is 2. The molecule has 0 radical (unpaired) electrons. The van der Waals surface area contributed by atoms with Gasteiger partial charge in [-0.1, -0.05) is 17.7 Å². The highest BCUT2D eigenvalue weighted by Crippen LogP contribution is 2.26. The molecule has 0 amide bonds. The van der Waals surface area contributed by atoms with E-state index in [0.29, 0.717) is 5.88 Å². The molecule has 0 N–H and O–H groups in total. The smallest absolute Gasteiger partial charge is 0.0933 e. The van der Waals surface area contributed by atoms with Gasteiger partial charge >= 0.3 is 0 Å². The van der Waals surface area contributed by atoms with Crippen molar-refractivity contribution in [3.05, 3.63) is 39.7 Å². The van der Waals surface area contributed by atoms with Gasteiger partial charge in [-0.3, -0.25) is 0 Å². The Kier molecular flexibility index (Phi) is 4.19. The van der Waals surface area contributed by atoms with E-state index in [4.69, 9.17) is 11.6 Å². The van der Waals surface area contributed by atoms with Crippen molar-refractivity contribution in [1.29, 1.82) is 0 Å². The lowest BCUT2D eigenvalue weighted by Gasteiger charge is -2.03. The van der Waals surface area contributed by atoms with E-state index < -0.39 is 0 Å². The van der Waals surface area contributed by atoms with Gasteiger partial charge in [-0.25, -0.2) is 4.98 Å². The lowest BCUT2D eigenvalue weighted by atomic mass is 10.0. The highest BCUT2D eigenvalue weighted by Gasteiger charge is 2.07. The summed E-state index contributed by atoms with van der Waals surface area (Å²) in [4.78, 5) is 4.68. The lowest BCUT2D eigenvalue weighted by molar-refractivity contribution is 0.916. The SMILES string of the molecule is Cc1ccc(C)c(-c2csc(CCCCl)n2)c1. The van der Waals surface area contributed by atoms with E-state index >= 15 is 0 Å². The van der Waals surface area contributed by atoms with Crippen molar-refractivity contribution < 1.29 is 0 Å². The van der Waals surface area contributed by atoms with Gasteiger partial charge < -0.3 is 0 Å². The fraction of sp³-hybridized carbons (Fsp3) is 0.357. The van der Waals surface area contributed by atoms with Gasteiger partial charge in [0.1, 0.15) is 0 Å². The van der Waals surface area contributed by atoms with Gasteiger partial charge in [-0.05, 0) is 31.9 Å². The van der Waals surface area contributed by atoms with E-state index in [2.05, 4.69) is 42.4 Å². The summed E-state index contributed by atoms with van der Waals surface area (Å²) in [7, 11) is 0. The Hall–Kier alpha value is -0.860. The van der Waals surface area contributed by atoms with Crippen molar-refractivity contribution in [3.63, 3.8) is 0 Å². The summed E-state index contributed by atoms with van der Waals surface area (Å²) in [6.07, 6.45) is 1.99. The van der Waals surface area contributed by atoms with Crippen LogP contribution in [0.4, 0.5) is 0 Å². The van der Waals surface area contributed by atoms with Crippen LogP contribution in [0.5, 0.6) is 0 Å². The first-order chi connectivity index (χ1) is 8.20. The molecule has 1 aromatic carbocycles. The predicted molar refractivity (Wildman–Crippen MR) is 76.1 cm³/mol. The number of halogens is 1. The molecule has 17 heavy (non-hydrogen) atoms. The first kappa shape index (κ1) is 12.6. The Morgan fingerprint density at radius 2 is 2.12 bits per heavy atom. The highest BCUT2D eigenvalue weighted by atomic mass is 35.5. The molecular weight excluding hydrogens is 250 g/mol. The predicted octanol–water partition coefficient (Wildman–Crippen LogP) is 4.60. The molecule has 0 aliphatic rings. The molecule has 90 valence electrons. The van der Waals surface area contributed by atoms with Crippen molar-refractivity contribution in [2.24, 2.45) is 0 Å². The first-order valence-corrected chi connectivity index (χ1v) is 7.20. The monoisotopic (exact) mass is 265 g/mol. The second-order valence-corrected chi connectivity index (χ2v) is 5.56. The van der Waals surface area contributed by atoms with Crippen LogP contribution in [0.3, 0.4) is 0 Å². The molecule has 1 aromatic heterocycles. The summed E-state index contributed by atoms with van der Waals surface area (Å²) in [6.45, 7) is 4.25. The van der Waals surface area contributed by atoms with Crippen LogP contribution in [-0.4, -0.2) is 10.9 Å². The number of hydrogen-bond donors (Lipinski definition) is 0. The summed E-state index contributed by atoms with van der Waals surface area (Å²) in [5, 5.41) is 3.33. The molecule has 3 heteroatoms. The van der Waals surface area contributed by atoms with Gasteiger partial charge in [0, 0.05) is 23.2 Å². The van der Waals surface area contributed by atoms with Crippen LogP contribution in [0, 0.1) is 13.8 Å². The standard InChI is InChI=1S/C14H16ClNS/c1-10-5-6-11(2)12(8-10)13-9-17-14(16-13)4-3-7-15/h5-6,8-9H,3-4,7H2,1-2H3. The largest absolute Gasteiger partial charge is 0.241 e. The van der Waals surface area contributed by atoms with Gasteiger partial charge in [-0.15, -0.1) is 22.9 Å². The van der Waals surface area contributed by atoms with E-state index in [9.17, 15) is 0 Å². The van der Waals surface area contributed by atoms with E-state index in [-0.39, 0.29) is 0 Å². The Labute approximate surface area is 111 Å².